The molecule has 1 aliphatic rings. The van der Waals surface area contributed by atoms with E-state index in [9.17, 15) is 9.59 Å². The molecule has 2 amide bonds. The van der Waals surface area contributed by atoms with E-state index in [1.807, 2.05) is 24.0 Å². The molecule has 8 heteroatoms. The topological polar surface area (TPSA) is 89.1 Å². The molecule has 5 rings (SSSR count). The number of nitrogens with one attached hydrogen (secondary N) is 1. The molecule has 0 bridgehead atoms. The van der Waals surface area contributed by atoms with E-state index in [0.29, 0.717) is 34.0 Å². The first-order valence-electron chi connectivity index (χ1n) is 12.1. The highest BCUT2D eigenvalue weighted by molar-refractivity contribution is 6.07. The van der Waals surface area contributed by atoms with Crippen molar-refractivity contribution in [1.82, 2.24) is 19.8 Å². The minimum Gasteiger partial charge on any atom is -0.460 e. The summed E-state index contributed by atoms with van der Waals surface area (Å²) in [6, 6.07) is 7.48. The molecule has 182 valence electrons. The van der Waals surface area contributed by atoms with Crippen LogP contribution in [0, 0.1) is 13.8 Å². The van der Waals surface area contributed by atoms with Crippen molar-refractivity contribution in [3.8, 4) is 11.5 Å². The number of amides is 2. The molecule has 1 N–H and O–H groups in total. The van der Waals surface area contributed by atoms with Crippen LogP contribution in [-0.2, 0) is 0 Å². The zero-order valence-corrected chi connectivity index (χ0v) is 20.6. The fourth-order valence-electron chi connectivity index (χ4n) is 5.17. The number of aryl methyl sites for hydroxylation is 2. The van der Waals surface area contributed by atoms with E-state index in [4.69, 9.17) is 9.15 Å². The zero-order chi connectivity index (χ0) is 24.7. The molecule has 1 saturated heterocycles. The lowest BCUT2D eigenvalue weighted by Gasteiger charge is -2.35. The van der Waals surface area contributed by atoms with E-state index in [2.05, 4.69) is 17.3 Å². The minimum absolute atomic E-state index is 0.0553. The Labute approximate surface area is 203 Å². The van der Waals surface area contributed by atoms with Gasteiger partial charge in [-0.3, -0.25) is 9.59 Å². The number of nitrogens with zero attached hydrogens (tertiary/aromatic N) is 3. The highest BCUT2D eigenvalue weighted by Gasteiger charge is 2.29. The quantitative estimate of drug-likeness (QED) is 0.427. The third-order valence-electron chi connectivity index (χ3n) is 7.00. The predicted octanol–water partition coefficient (Wildman–Crippen LogP) is 5.25. The van der Waals surface area contributed by atoms with Crippen molar-refractivity contribution in [2.45, 2.75) is 52.5 Å². The van der Waals surface area contributed by atoms with Gasteiger partial charge in [-0.05, 0) is 57.2 Å². The summed E-state index contributed by atoms with van der Waals surface area (Å²) < 4.78 is 13.8. The Kier molecular flexibility index (Phi) is 5.96. The molecule has 1 fully saturated rings. The fourth-order valence-corrected chi connectivity index (χ4v) is 5.17. The summed E-state index contributed by atoms with van der Waals surface area (Å²) in [5.41, 5.74) is 3.34. The van der Waals surface area contributed by atoms with Crippen molar-refractivity contribution >= 4 is 28.3 Å². The first-order chi connectivity index (χ1) is 16.9. The minimum atomic E-state index is -0.189. The standard InChI is InChI=1S/C27H30N4O4/c1-5-18-8-6-7-13-30(18)27(33)21-15-31-25(16(21)2)22(11-12-29-31)35-19-9-10-20-23(14-19)34-17(3)24(20)26(32)28-4/h9-12,14-15,18H,5-8,13H2,1-4H3,(H,28,32)/t18-/m1/s1. The Morgan fingerprint density at radius 3 is 2.83 bits per heavy atom. The van der Waals surface area contributed by atoms with Crippen molar-refractivity contribution in [2.24, 2.45) is 0 Å². The third-order valence-corrected chi connectivity index (χ3v) is 7.00. The van der Waals surface area contributed by atoms with Crippen LogP contribution in [0.1, 0.15) is 64.6 Å². The molecular weight excluding hydrogens is 444 g/mol. The molecule has 1 atom stereocenters. The largest absolute Gasteiger partial charge is 0.460 e. The Hall–Kier alpha value is -3.81. The zero-order valence-electron chi connectivity index (χ0n) is 20.6. The van der Waals surface area contributed by atoms with Crippen LogP contribution in [0.25, 0.3) is 16.5 Å². The number of benzene rings is 1. The van der Waals surface area contributed by atoms with Crippen LogP contribution in [0.4, 0.5) is 0 Å². The van der Waals surface area contributed by atoms with Gasteiger partial charge in [0.2, 0.25) is 0 Å². The van der Waals surface area contributed by atoms with Gasteiger partial charge < -0.3 is 19.4 Å². The average molecular weight is 475 g/mol. The van der Waals surface area contributed by atoms with Crippen LogP contribution in [0.5, 0.6) is 11.5 Å². The van der Waals surface area contributed by atoms with E-state index in [1.165, 1.54) is 6.42 Å². The van der Waals surface area contributed by atoms with Gasteiger partial charge in [0, 0.05) is 43.4 Å². The third kappa shape index (κ3) is 3.92. The van der Waals surface area contributed by atoms with Crippen LogP contribution in [0.2, 0.25) is 0 Å². The molecule has 3 aromatic heterocycles. The maximum Gasteiger partial charge on any atom is 0.256 e. The summed E-state index contributed by atoms with van der Waals surface area (Å²) in [7, 11) is 1.60. The number of fused-ring (bicyclic) bond motifs is 2. The van der Waals surface area contributed by atoms with Gasteiger partial charge in [0.15, 0.2) is 5.75 Å². The number of carbonyl (C=O) groups excluding carboxylic acids is 2. The monoisotopic (exact) mass is 474 g/mol. The Morgan fingerprint density at radius 2 is 2.06 bits per heavy atom. The van der Waals surface area contributed by atoms with E-state index in [-0.39, 0.29) is 17.9 Å². The molecule has 8 nitrogen and oxygen atoms in total. The van der Waals surface area contributed by atoms with Crippen LogP contribution in [-0.4, -0.2) is 46.0 Å². The van der Waals surface area contributed by atoms with Gasteiger partial charge in [-0.2, -0.15) is 5.10 Å². The van der Waals surface area contributed by atoms with Gasteiger partial charge in [-0.1, -0.05) is 6.92 Å². The van der Waals surface area contributed by atoms with Crippen molar-refractivity contribution in [3.63, 3.8) is 0 Å². The number of ether oxygens (including phenoxy) is 1. The fraction of sp³-hybridized carbons (Fsp3) is 0.370. The van der Waals surface area contributed by atoms with E-state index in [0.717, 1.165) is 42.3 Å². The SMILES string of the molecule is CC[C@@H]1CCCCN1C(=O)c1cn2nccc(Oc3ccc4c(C(=O)NC)c(C)oc4c3)c2c1C. The van der Waals surface area contributed by atoms with Crippen LogP contribution < -0.4 is 10.1 Å². The summed E-state index contributed by atoms with van der Waals surface area (Å²) in [5, 5.41) is 7.81. The normalized spacial score (nSPS) is 16.1. The van der Waals surface area contributed by atoms with Crippen LogP contribution in [0.15, 0.2) is 41.1 Å². The lowest BCUT2D eigenvalue weighted by atomic mass is 9.98. The first-order valence-corrected chi connectivity index (χ1v) is 12.1. The molecule has 0 saturated carbocycles. The molecule has 35 heavy (non-hydrogen) atoms. The second-order valence-corrected chi connectivity index (χ2v) is 9.09. The lowest BCUT2D eigenvalue weighted by molar-refractivity contribution is 0.0607. The molecule has 0 radical (unpaired) electrons. The Balaban J connectivity index is 1.50. The van der Waals surface area contributed by atoms with Crippen LogP contribution >= 0.6 is 0 Å². The number of rotatable bonds is 5. The number of piperidine rings is 1. The van der Waals surface area contributed by atoms with Gasteiger partial charge in [-0.15, -0.1) is 0 Å². The Bertz CT molecular complexity index is 1430. The number of hydrogen-bond acceptors (Lipinski definition) is 5. The highest BCUT2D eigenvalue weighted by Crippen LogP contribution is 2.34. The molecule has 1 aliphatic heterocycles. The van der Waals surface area contributed by atoms with E-state index >= 15 is 0 Å². The molecular formula is C27H30N4O4. The second kappa shape index (κ2) is 9.09. The van der Waals surface area contributed by atoms with Crippen LogP contribution in [0.3, 0.4) is 0 Å². The smallest absolute Gasteiger partial charge is 0.256 e. The Morgan fingerprint density at radius 1 is 1.23 bits per heavy atom. The molecule has 0 aliphatic carbocycles. The van der Waals surface area contributed by atoms with E-state index < -0.39 is 0 Å². The van der Waals surface area contributed by atoms with Gasteiger partial charge >= 0.3 is 0 Å². The van der Waals surface area contributed by atoms with Gasteiger partial charge in [0.25, 0.3) is 11.8 Å². The summed E-state index contributed by atoms with van der Waals surface area (Å²) in [6.45, 7) is 6.64. The number of furan rings is 1. The first kappa shape index (κ1) is 23.0. The summed E-state index contributed by atoms with van der Waals surface area (Å²) in [6.07, 6.45) is 7.68. The van der Waals surface area contributed by atoms with Crippen molar-refractivity contribution in [3.05, 3.63) is 59.1 Å². The molecule has 4 heterocycles. The maximum atomic E-state index is 13.5. The number of hydrogen-bond donors (Lipinski definition) is 1. The predicted molar refractivity (Wildman–Crippen MR) is 133 cm³/mol. The van der Waals surface area contributed by atoms with Gasteiger partial charge in [0.1, 0.15) is 22.6 Å². The molecule has 0 spiro atoms. The maximum absolute atomic E-state index is 13.5. The lowest BCUT2D eigenvalue weighted by Crippen LogP contribution is -2.43. The van der Waals surface area contributed by atoms with Crippen molar-refractivity contribution in [2.75, 3.05) is 13.6 Å². The van der Waals surface area contributed by atoms with E-state index in [1.54, 1.807) is 43.0 Å². The highest BCUT2D eigenvalue weighted by atomic mass is 16.5. The van der Waals surface area contributed by atoms with Gasteiger partial charge in [-0.25, -0.2) is 4.52 Å². The molecule has 4 aromatic rings. The second-order valence-electron chi connectivity index (χ2n) is 9.09. The van der Waals surface area contributed by atoms with Crippen molar-refractivity contribution in [1.29, 1.82) is 0 Å². The summed E-state index contributed by atoms with van der Waals surface area (Å²) in [4.78, 5) is 27.7. The molecule has 0 unspecified atom stereocenters. The van der Waals surface area contributed by atoms with Crippen molar-refractivity contribution < 1.29 is 18.7 Å². The summed E-state index contributed by atoms with van der Waals surface area (Å²) >= 11 is 0. The molecule has 1 aromatic carbocycles. The summed E-state index contributed by atoms with van der Waals surface area (Å²) in [5.74, 6) is 1.58. The van der Waals surface area contributed by atoms with Gasteiger partial charge in [0.05, 0.1) is 17.3 Å². The number of carbonyl (C=O) groups is 2. The number of likely N-dealkylation sites (tertiary alicyclic amines) is 1. The number of aromatic nitrogens is 2. The average Bonchev–Trinajstić information content (AvgIpc) is 3.39.